The third-order valence-corrected chi connectivity index (χ3v) is 3.44. The van der Waals surface area contributed by atoms with Gasteiger partial charge in [0.15, 0.2) is 5.78 Å². The Morgan fingerprint density at radius 3 is 2.06 bits per heavy atom. The molecule has 0 aliphatic carbocycles. The minimum atomic E-state index is 0.237. The number of likely N-dealkylation sites (N-methyl/N-ethyl adjacent to an activating group) is 1. The molecular formula is C16H25NO. The van der Waals surface area contributed by atoms with Crippen molar-refractivity contribution in [2.45, 2.75) is 47.6 Å². The van der Waals surface area contributed by atoms with Gasteiger partial charge in [0.2, 0.25) is 0 Å². The molecule has 1 aromatic carbocycles. The molecule has 0 amide bonds. The Bertz CT molecular complexity index is 412. The Morgan fingerprint density at radius 2 is 1.67 bits per heavy atom. The summed E-state index contributed by atoms with van der Waals surface area (Å²) in [6, 6.07) is 4.59. The van der Waals surface area contributed by atoms with E-state index in [1.807, 2.05) is 13.8 Å². The zero-order valence-electron chi connectivity index (χ0n) is 12.5. The number of hydrogen-bond donors (Lipinski definition) is 0. The van der Waals surface area contributed by atoms with E-state index in [2.05, 4.69) is 44.7 Å². The van der Waals surface area contributed by atoms with Gasteiger partial charge < -0.3 is 0 Å². The lowest BCUT2D eigenvalue weighted by Gasteiger charge is -2.24. The number of aryl methyl sites for hydroxylation is 3. The van der Waals surface area contributed by atoms with Crippen LogP contribution in [0.5, 0.6) is 0 Å². The highest BCUT2D eigenvalue weighted by molar-refractivity contribution is 6.00. The first kappa shape index (κ1) is 14.9. The Labute approximate surface area is 111 Å². The number of benzene rings is 1. The van der Waals surface area contributed by atoms with Crippen molar-refractivity contribution in [2.75, 3.05) is 13.1 Å². The van der Waals surface area contributed by atoms with Gasteiger partial charge in [-0.15, -0.1) is 0 Å². The summed E-state index contributed by atoms with van der Waals surface area (Å²) in [4.78, 5) is 14.6. The lowest BCUT2D eigenvalue weighted by molar-refractivity contribution is 0.0910. The average molecular weight is 247 g/mol. The molecule has 18 heavy (non-hydrogen) atoms. The fraction of sp³-hybridized carbons (Fsp3) is 0.562. The molecule has 2 nitrogen and oxygen atoms in total. The molecule has 0 heterocycles. The Hall–Kier alpha value is -1.15. The molecule has 0 spiro atoms. The van der Waals surface area contributed by atoms with Crippen molar-refractivity contribution < 1.29 is 4.79 Å². The topological polar surface area (TPSA) is 20.3 Å². The maximum atomic E-state index is 12.4. The normalized spacial score (nSPS) is 11.3. The monoisotopic (exact) mass is 247 g/mol. The van der Waals surface area contributed by atoms with Gasteiger partial charge in [0.25, 0.3) is 0 Å². The molecule has 0 N–H and O–H groups in total. The largest absolute Gasteiger partial charge is 0.294 e. The second-order valence-electron chi connectivity index (χ2n) is 5.35. The molecule has 1 aromatic rings. The molecule has 0 unspecified atom stereocenters. The molecule has 0 aromatic heterocycles. The van der Waals surface area contributed by atoms with Crippen molar-refractivity contribution in [2.24, 2.45) is 0 Å². The minimum absolute atomic E-state index is 0.237. The molecule has 100 valence electrons. The van der Waals surface area contributed by atoms with Gasteiger partial charge in [-0.3, -0.25) is 9.69 Å². The SMILES string of the molecule is CCN(CC(=O)c1c(C)cc(C)cc1C)C(C)C. The van der Waals surface area contributed by atoms with E-state index < -0.39 is 0 Å². The summed E-state index contributed by atoms with van der Waals surface area (Å²) in [5.41, 5.74) is 4.31. The van der Waals surface area contributed by atoms with E-state index >= 15 is 0 Å². The van der Waals surface area contributed by atoms with Crippen molar-refractivity contribution in [3.05, 3.63) is 34.4 Å². The maximum absolute atomic E-state index is 12.4. The van der Waals surface area contributed by atoms with E-state index in [-0.39, 0.29) is 5.78 Å². The second kappa shape index (κ2) is 6.14. The van der Waals surface area contributed by atoms with Crippen molar-refractivity contribution in [1.82, 2.24) is 4.90 Å². The Morgan fingerprint density at radius 1 is 1.17 bits per heavy atom. The summed E-state index contributed by atoms with van der Waals surface area (Å²) in [6.45, 7) is 13.9. The third-order valence-electron chi connectivity index (χ3n) is 3.44. The standard InChI is InChI=1S/C16H25NO/c1-7-17(11(2)3)10-15(18)16-13(5)8-12(4)9-14(16)6/h8-9,11H,7,10H2,1-6H3. The first-order valence-corrected chi connectivity index (χ1v) is 6.71. The number of carbonyl (C=O) groups excluding carboxylic acids is 1. The van der Waals surface area contributed by atoms with Crippen molar-refractivity contribution in [1.29, 1.82) is 0 Å². The summed E-state index contributed by atoms with van der Waals surface area (Å²) in [5, 5.41) is 0. The zero-order chi connectivity index (χ0) is 13.9. The van der Waals surface area contributed by atoms with E-state index in [0.717, 1.165) is 23.2 Å². The number of carbonyl (C=O) groups is 1. The summed E-state index contributed by atoms with van der Waals surface area (Å²) >= 11 is 0. The highest BCUT2D eigenvalue weighted by Crippen LogP contribution is 2.17. The predicted molar refractivity (Wildman–Crippen MR) is 77.4 cm³/mol. The zero-order valence-corrected chi connectivity index (χ0v) is 12.5. The van der Waals surface area contributed by atoms with Gasteiger partial charge in [-0.05, 0) is 52.3 Å². The maximum Gasteiger partial charge on any atom is 0.177 e. The summed E-state index contributed by atoms with van der Waals surface area (Å²) < 4.78 is 0. The van der Waals surface area contributed by atoms with Crippen LogP contribution in [0, 0.1) is 20.8 Å². The van der Waals surface area contributed by atoms with Crippen LogP contribution in [0.1, 0.15) is 47.8 Å². The van der Waals surface area contributed by atoms with Gasteiger partial charge >= 0.3 is 0 Å². The van der Waals surface area contributed by atoms with Crippen LogP contribution in [0.15, 0.2) is 12.1 Å². The van der Waals surface area contributed by atoms with Crippen molar-refractivity contribution in [3.8, 4) is 0 Å². The van der Waals surface area contributed by atoms with Crippen LogP contribution >= 0.6 is 0 Å². The van der Waals surface area contributed by atoms with Crippen molar-refractivity contribution >= 4 is 5.78 Å². The van der Waals surface area contributed by atoms with E-state index in [4.69, 9.17) is 0 Å². The first-order valence-electron chi connectivity index (χ1n) is 6.71. The van der Waals surface area contributed by atoms with E-state index in [0.29, 0.717) is 12.6 Å². The Balaban J connectivity index is 2.98. The molecule has 0 atom stereocenters. The summed E-state index contributed by atoms with van der Waals surface area (Å²) in [6.07, 6.45) is 0. The van der Waals surface area contributed by atoms with Gasteiger partial charge in [-0.2, -0.15) is 0 Å². The van der Waals surface area contributed by atoms with Crippen LogP contribution in [-0.2, 0) is 0 Å². The summed E-state index contributed by atoms with van der Waals surface area (Å²) in [5.74, 6) is 0.237. The second-order valence-corrected chi connectivity index (χ2v) is 5.35. The summed E-state index contributed by atoms with van der Waals surface area (Å²) in [7, 11) is 0. The fourth-order valence-electron chi connectivity index (χ4n) is 2.54. The van der Waals surface area contributed by atoms with E-state index in [1.54, 1.807) is 0 Å². The molecule has 0 aliphatic heterocycles. The number of hydrogen-bond acceptors (Lipinski definition) is 2. The highest BCUT2D eigenvalue weighted by Gasteiger charge is 2.17. The van der Waals surface area contributed by atoms with Gasteiger partial charge in [0, 0.05) is 11.6 Å². The fourth-order valence-corrected chi connectivity index (χ4v) is 2.54. The average Bonchev–Trinajstić information content (AvgIpc) is 2.23. The van der Waals surface area contributed by atoms with E-state index in [9.17, 15) is 4.79 Å². The molecule has 2 heteroatoms. The lowest BCUT2D eigenvalue weighted by Crippen LogP contribution is -2.35. The quantitative estimate of drug-likeness (QED) is 0.742. The van der Waals surface area contributed by atoms with Crippen LogP contribution in [0.4, 0.5) is 0 Å². The molecule has 1 rings (SSSR count). The third kappa shape index (κ3) is 3.42. The minimum Gasteiger partial charge on any atom is -0.294 e. The van der Waals surface area contributed by atoms with Crippen LogP contribution < -0.4 is 0 Å². The highest BCUT2D eigenvalue weighted by atomic mass is 16.1. The van der Waals surface area contributed by atoms with Crippen LogP contribution in [-0.4, -0.2) is 29.8 Å². The Kier molecular flexibility index (Phi) is 5.09. The number of rotatable bonds is 5. The van der Waals surface area contributed by atoms with Crippen LogP contribution in [0.3, 0.4) is 0 Å². The molecule has 0 aliphatic rings. The van der Waals surface area contributed by atoms with Crippen molar-refractivity contribution in [3.63, 3.8) is 0 Å². The predicted octanol–water partition coefficient (Wildman–Crippen LogP) is 3.52. The molecule has 0 radical (unpaired) electrons. The van der Waals surface area contributed by atoms with Gasteiger partial charge in [0.05, 0.1) is 6.54 Å². The van der Waals surface area contributed by atoms with Gasteiger partial charge in [0.1, 0.15) is 0 Å². The molecule has 0 bridgehead atoms. The number of ketones is 1. The van der Waals surface area contributed by atoms with Gasteiger partial charge in [-0.25, -0.2) is 0 Å². The van der Waals surface area contributed by atoms with E-state index in [1.165, 1.54) is 5.56 Å². The smallest absolute Gasteiger partial charge is 0.177 e. The molecule has 0 saturated heterocycles. The van der Waals surface area contributed by atoms with Gasteiger partial charge in [-0.1, -0.05) is 24.6 Å². The molecule has 0 saturated carbocycles. The number of nitrogens with zero attached hydrogens (tertiary/aromatic N) is 1. The molecule has 0 fully saturated rings. The van der Waals surface area contributed by atoms with Crippen LogP contribution in [0.2, 0.25) is 0 Å². The molecular weight excluding hydrogens is 222 g/mol. The number of Topliss-reactive ketones (excluding diaryl/α,β-unsaturated/α-hetero) is 1. The van der Waals surface area contributed by atoms with Crippen LogP contribution in [0.25, 0.3) is 0 Å². The first-order chi connectivity index (χ1) is 8.36. The lowest BCUT2D eigenvalue weighted by atomic mass is 9.96.